The number of aryl methyl sites for hydroxylation is 1. The number of benzene rings is 1. The Kier molecular flexibility index (Phi) is 5.70. The van der Waals surface area contributed by atoms with Gasteiger partial charge >= 0.3 is 0 Å². The van der Waals surface area contributed by atoms with E-state index >= 15 is 0 Å². The summed E-state index contributed by atoms with van der Waals surface area (Å²) in [6.45, 7) is 8.12. The standard InChI is InChI=1S/C20H24N4O2S/c1-13(2)23-12-21-22-20(23)27-11-19(25)18-10-14(3)24(15(18)4)16-6-8-17(26-5)9-7-16/h6-10,12-13H,11H2,1-5H3. The zero-order valence-corrected chi connectivity index (χ0v) is 17.1. The lowest BCUT2D eigenvalue weighted by Crippen LogP contribution is -2.07. The number of methoxy groups -OCH3 is 1. The number of aromatic nitrogens is 4. The summed E-state index contributed by atoms with van der Waals surface area (Å²) >= 11 is 1.42. The van der Waals surface area contributed by atoms with Gasteiger partial charge in [0.05, 0.1) is 12.9 Å². The molecule has 0 bridgehead atoms. The fourth-order valence-corrected chi connectivity index (χ4v) is 4.00. The summed E-state index contributed by atoms with van der Waals surface area (Å²) in [7, 11) is 1.65. The topological polar surface area (TPSA) is 61.9 Å². The second-order valence-electron chi connectivity index (χ2n) is 6.64. The second-order valence-corrected chi connectivity index (χ2v) is 7.59. The molecule has 0 aliphatic rings. The van der Waals surface area contributed by atoms with Crippen LogP contribution < -0.4 is 4.74 Å². The molecule has 0 radical (unpaired) electrons. The van der Waals surface area contributed by atoms with Crippen molar-refractivity contribution in [1.29, 1.82) is 0 Å². The van der Waals surface area contributed by atoms with Gasteiger partial charge in [0.2, 0.25) is 0 Å². The molecular weight excluding hydrogens is 360 g/mol. The van der Waals surface area contributed by atoms with Crippen molar-refractivity contribution in [3.63, 3.8) is 0 Å². The Labute approximate surface area is 163 Å². The van der Waals surface area contributed by atoms with Gasteiger partial charge < -0.3 is 13.9 Å². The van der Waals surface area contributed by atoms with Crippen molar-refractivity contribution in [1.82, 2.24) is 19.3 Å². The molecule has 1 aromatic carbocycles. The van der Waals surface area contributed by atoms with Crippen LogP contribution in [0, 0.1) is 13.8 Å². The highest BCUT2D eigenvalue weighted by Gasteiger charge is 2.18. The number of nitrogens with zero attached hydrogens (tertiary/aromatic N) is 4. The van der Waals surface area contributed by atoms with E-state index in [2.05, 4.69) is 28.6 Å². The first kappa shape index (κ1) is 19.2. The smallest absolute Gasteiger partial charge is 0.191 e. The molecule has 0 spiro atoms. The fourth-order valence-electron chi connectivity index (χ4n) is 3.07. The third-order valence-corrected chi connectivity index (χ3v) is 5.45. The van der Waals surface area contributed by atoms with Gasteiger partial charge in [0.25, 0.3) is 0 Å². The number of hydrogen-bond donors (Lipinski definition) is 0. The molecule has 0 atom stereocenters. The fraction of sp³-hybridized carbons (Fsp3) is 0.350. The van der Waals surface area contributed by atoms with Gasteiger partial charge in [-0.05, 0) is 58.0 Å². The van der Waals surface area contributed by atoms with Gasteiger partial charge in [-0.3, -0.25) is 4.79 Å². The van der Waals surface area contributed by atoms with E-state index in [1.165, 1.54) is 11.8 Å². The van der Waals surface area contributed by atoms with E-state index in [0.717, 1.165) is 33.5 Å². The normalized spacial score (nSPS) is 11.2. The van der Waals surface area contributed by atoms with E-state index in [0.29, 0.717) is 5.75 Å². The SMILES string of the molecule is COc1ccc(-n2c(C)cc(C(=O)CSc3nncn3C(C)C)c2C)cc1. The van der Waals surface area contributed by atoms with Crippen molar-refractivity contribution >= 4 is 17.5 Å². The van der Waals surface area contributed by atoms with E-state index < -0.39 is 0 Å². The third-order valence-electron chi connectivity index (χ3n) is 4.49. The lowest BCUT2D eigenvalue weighted by atomic mass is 10.2. The summed E-state index contributed by atoms with van der Waals surface area (Å²) < 4.78 is 9.29. The minimum absolute atomic E-state index is 0.0890. The molecule has 3 rings (SSSR count). The summed E-state index contributed by atoms with van der Waals surface area (Å²) in [6, 6.07) is 10.0. The first-order valence-electron chi connectivity index (χ1n) is 8.81. The Morgan fingerprint density at radius 3 is 2.56 bits per heavy atom. The predicted molar refractivity (Wildman–Crippen MR) is 107 cm³/mol. The monoisotopic (exact) mass is 384 g/mol. The summed E-state index contributed by atoms with van der Waals surface area (Å²) in [5.74, 6) is 1.23. The van der Waals surface area contributed by atoms with Crippen LogP contribution in [0.2, 0.25) is 0 Å². The lowest BCUT2D eigenvalue weighted by Gasteiger charge is -2.11. The molecular formula is C20H24N4O2S. The number of rotatable bonds is 7. The zero-order chi connectivity index (χ0) is 19.6. The molecule has 27 heavy (non-hydrogen) atoms. The first-order valence-corrected chi connectivity index (χ1v) is 9.79. The first-order chi connectivity index (χ1) is 12.9. The van der Waals surface area contributed by atoms with Crippen molar-refractivity contribution in [3.8, 4) is 11.4 Å². The van der Waals surface area contributed by atoms with E-state index in [4.69, 9.17) is 4.74 Å². The van der Waals surface area contributed by atoms with Crippen molar-refractivity contribution in [3.05, 3.63) is 53.6 Å². The van der Waals surface area contributed by atoms with Crippen LogP contribution in [0.15, 0.2) is 41.8 Å². The van der Waals surface area contributed by atoms with Gasteiger partial charge in [0.1, 0.15) is 12.1 Å². The maximum absolute atomic E-state index is 12.8. The summed E-state index contributed by atoms with van der Waals surface area (Å²) in [4.78, 5) is 12.8. The van der Waals surface area contributed by atoms with Crippen LogP contribution >= 0.6 is 11.8 Å². The highest BCUT2D eigenvalue weighted by molar-refractivity contribution is 7.99. The molecule has 0 unspecified atom stereocenters. The molecule has 6 nitrogen and oxygen atoms in total. The molecule has 0 saturated heterocycles. The van der Waals surface area contributed by atoms with Crippen molar-refractivity contribution in [2.24, 2.45) is 0 Å². The molecule has 2 heterocycles. The Bertz CT molecular complexity index is 942. The molecule has 0 fully saturated rings. The summed E-state index contributed by atoms with van der Waals surface area (Å²) in [5, 5.41) is 8.83. The maximum Gasteiger partial charge on any atom is 0.191 e. The maximum atomic E-state index is 12.8. The minimum atomic E-state index is 0.0890. The number of carbonyl (C=O) groups is 1. The van der Waals surface area contributed by atoms with Crippen LogP contribution in [0.4, 0.5) is 0 Å². The van der Waals surface area contributed by atoms with Crippen molar-refractivity contribution in [2.75, 3.05) is 12.9 Å². The zero-order valence-electron chi connectivity index (χ0n) is 16.3. The molecule has 0 amide bonds. The molecule has 3 aromatic rings. The second kappa shape index (κ2) is 8.00. The van der Waals surface area contributed by atoms with Crippen LogP contribution in [-0.4, -0.2) is 38.0 Å². The minimum Gasteiger partial charge on any atom is -0.497 e. The average Bonchev–Trinajstić information content (AvgIpc) is 3.24. The quantitative estimate of drug-likeness (QED) is 0.450. The van der Waals surface area contributed by atoms with Gasteiger partial charge in [-0.15, -0.1) is 10.2 Å². The number of carbonyl (C=O) groups excluding carboxylic acids is 1. The Morgan fingerprint density at radius 2 is 1.93 bits per heavy atom. The van der Waals surface area contributed by atoms with Gasteiger partial charge in [0.15, 0.2) is 10.9 Å². The molecule has 7 heteroatoms. The van der Waals surface area contributed by atoms with E-state index in [9.17, 15) is 4.79 Å². The predicted octanol–water partition coefficient (Wildman–Crippen LogP) is 4.25. The largest absolute Gasteiger partial charge is 0.497 e. The summed E-state index contributed by atoms with van der Waals surface area (Å²) in [6.07, 6.45) is 1.70. The average molecular weight is 385 g/mol. The molecule has 0 saturated carbocycles. The highest BCUT2D eigenvalue weighted by atomic mass is 32.2. The van der Waals surface area contributed by atoms with Gasteiger partial charge in [-0.25, -0.2) is 0 Å². The number of ether oxygens (including phenoxy) is 1. The third kappa shape index (κ3) is 3.93. The van der Waals surface area contributed by atoms with Crippen LogP contribution in [-0.2, 0) is 0 Å². The van der Waals surface area contributed by atoms with Crippen LogP contribution in [0.1, 0.15) is 41.6 Å². The Morgan fingerprint density at radius 1 is 1.22 bits per heavy atom. The molecule has 142 valence electrons. The van der Waals surface area contributed by atoms with Gasteiger partial charge in [-0.1, -0.05) is 11.8 Å². The summed E-state index contributed by atoms with van der Waals surface area (Å²) in [5.41, 5.74) is 3.72. The van der Waals surface area contributed by atoms with Crippen LogP contribution in [0.3, 0.4) is 0 Å². The van der Waals surface area contributed by atoms with Gasteiger partial charge in [-0.2, -0.15) is 0 Å². The number of thioether (sulfide) groups is 1. The van der Waals surface area contributed by atoms with Crippen molar-refractivity contribution < 1.29 is 9.53 Å². The number of Topliss-reactive ketones (excluding diaryl/α,β-unsaturated/α-hetero) is 1. The van der Waals surface area contributed by atoms with Crippen molar-refractivity contribution in [2.45, 2.75) is 38.9 Å². The number of ketones is 1. The Balaban J connectivity index is 1.80. The molecule has 2 aromatic heterocycles. The van der Waals surface area contributed by atoms with Crippen LogP contribution in [0.25, 0.3) is 5.69 Å². The van der Waals surface area contributed by atoms with Crippen LogP contribution in [0.5, 0.6) is 5.75 Å². The Hall–Kier alpha value is -2.54. The van der Waals surface area contributed by atoms with Gasteiger partial charge in [0, 0.05) is 28.7 Å². The van der Waals surface area contributed by atoms with E-state index in [1.54, 1.807) is 13.4 Å². The highest BCUT2D eigenvalue weighted by Crippen LogP contribution is 2.25. The van der Waals surface area contributed by atoms with E-state index in [1.807, 2.05) is 48.7 Å². The molecule has 0 N–H and O–H groups in total. The molecule has 0 aliphatic carbocycles. The number of hydrogen-bond acceptors (Lipinski definition) is 5. The lowest BCUT2D eigenvalue weighted by molar-refractivity contribution is 0.102. The molecule has 0 aliphatic heterocycles. The van der Waals surface area contributed by atoms with E-state index in [-0.39, 0.29) is 11.8 Å².